The van der Waals surface area contributed by atoms with Crippen LogP contribution in [-0.4, -0.2) is 29.0 Å². The molecule has 108 valence electrons. The second kappa shape index (κ2) is 7.73. The van der Waals surface area contributed by atoms with E-state index in [9.17, 15) is 10.2 Å². The van der Waals surface area contributed by atoms with Crippen LogP contribution >= 0.6 is 11.6 Å². The third-order valence-electron chi connectivity index (χ3n) is 3.12. The van der Waals surface area contributed by atoms with Crippen LogP contribution in [0.1, 0.15) is 45.1 Å². The molecule has 0 aliphatic heterocycles. The third kappa shape index (κ3) is 5.01. The molecule has 0 aliphatic carbocycles. The molecule has 1 aromatic carbocycles. The van der Waals surface area contributed by atoms with Crippen LogP contribution in [0.2, 0.25) is 5.02 Å². The second-order valence-corrected chi connectivity index (χ2v) is 5.41. The first-order chi connectivity index (χ1) is 8.95. The standard InChI is InChI=1S/C15H23ClO3/c1-4-7-19-15-6-5-12(16)9-13(15)10(2)8-14(18)11(3)17/h5-6,9-11,14,17-18H,4,7-8H2,1-3H3. The zero-order valence-corrected chi connectivity index (χ0v) is 12.5. The van der Waals surface area contributed by atoms with Crippen molar-refractivity contribution in [3.63, 3.8) is 0 Å². The van der Waals surface area contributed by atoms with Crippen molar-refractivity contribution >= 4 is 11.6 Å². The van der Waals surface area contributed by atoms with E-state index in [2.05, 4.69) is 6.92 Å². The van der Waals surface area contributed by atoms with Gasteiger partial charge in [0.1, 0.15) is 5.75 Å². The minimum absolute atomic E-state index is 0.0650. The van der Waals surface area contributed by atoms with Crippen molar-refractivity contribution in [1.82, 2.24) is 0 Å². The molecule has 0 aromatic heterocycles. The van der Waals surface area contributed by atoms with Gasteiger partial charge in [0.25, 0.3) is 0 Å². The van der Waals surface area contributed by atoms with E-state index in [1.807, 2.05) is 19.1 Å². The van der Waals surface area contributed by atoms with Crippen molar-refractivity contribution < 1.29 is 14.9 Å². The summed E-state index contributed by atoms with van der Waals surface area (Å²) in [4.78, 5) is 0. The second-order valence-electron chi connectivity index (χ2n) is 4.98. The zero-order valence-electron chi connectivity index (χ0n) is 11.8. The minimum Gasteiger partial charge on any atom is -0.493 e. The maximum atomic E-state index is 9.77. The Bertz CT molecular complexity index is 393. The van der Waals surface area contributed by atoms with Gasteiger partial charge in [0, 0.05) is 5.02 Å². The summed E-state index contributed by atoms with van der Waals surface area (Å²) in [6, 6.07) is 5.53. The topological polar surface area (TPSA) is 49.7 Å². The summed E-state index contributed by atoms with van der Waals surface area (Å²) in [5.74, 6) is 0.867. The first kappa shape index (κ1) is 16.3. The Morgan fingerprint density at radius 2 is 1.95 bits per heavy atom. The van der Waals surface area contributed by atoms with Crippen LogP contribution < -0.4 is 4.74 Å². The first-order valence-electron chi connectivity index (χ1n) is 6.74. The maximum absolute atomic E-state index is 9.77. The normalized spacial score (nSPS) is 15.9. The van der Waals surface area contributed by atoms with Gasteiger partial charge in [-0.3, -0.25) is 0 Å². The highest BCUT2D eigenvalue weighted by molar-refractivity contribution is 6.30. The van der Waals surface area contributed by atoms with E-state index in [0.29, 0.717) is 18.1 Å². The molecule has 0 saturated carbocycles. The highest BCUT2D eigenvalue weighted by Gasteiger charge is 2.19. The number of hydrogen-bond acceptors (Lipinski definition) is 3. The molecule has 0 saturated heterocycles. The number of aliphatic hydroxyl groups excluding tert-OH is 2. The molecule has 0 bridgehead atoms. The van der Waals surface area contributed by atoms with Crippen molar-refractivity contribution in [1.29, 1.82) is 0 Å². The van der Waals surface area contributed by atoms with Crippen LogP contribution in [-0.2, 0) is 0 Å². The smallest absolute Gasteiger partial charge is 0.122 e. The number of benzene rings is 1. The predicted octanol–water partition coefficient (Wildman–Crippen LogP) is 3.36. The summed E-state index contributed by atoms with van der Waals surface area (Å²) < 4.78 is 5.70. The molecule has 1 aromatic rings. The molecule has 0 radical (unpaired) electrons. The van der Waals surface area contributed by atoms with Crippen LogP contribution in [0.5, 0.6) is 5.75 Å². The van der Waals surface area contributed by atoms with Crippen LogP contribution in [0.15, 0.2) is 18.2 Å². The third-order valence-corrected chi connectivity index (χ3v) is 3.35. The van der Waals surface area contributed by atoms with Crippen molar-refractivity contribution in [3.8, 4) is 5.75 Å². The summed E-state index contributed by atoms with van der Waals surface area (Å²) in [5.41, 5.74) is 0.973. The lowest BCUT2D eigenvalue weighted by atomic mass is 9.92. The lowest BCUT2D eigenvalue weighted by Gasteiger charge is -2.21. The van der Waals surface area contributed by atoms with Crippen LogP contribution in [0.25, 0.3) is 0 Å². The molecule has 3 unspecified atom stereocenters. The highest BCUT2D eigenvalue weighted by atomic mass is 35.5. The fourth-order valence-corrected chi connectivity index (χ4v) is 2.11. The summed E-state index contributed by atoms with van der Waals surface area (Å²) in [6.45, 7) is 6.29. The average Bonchev–Trinajstić information content (AvgIpc) is 2.36. The number of hydrogen-bond donors (Lipinski definition) is 2. The van der Waals surface area contributed by atoms with E-state index in [-0.39, 0.29) is 5.92 Å². The van der Waals surface area contributed by atoms with Crippen molar-refractivity contribution in [3.05, 3.63) is 28.8 Å². The quantitative estimate of drug-likeness (QED) is 0.808. The van der Waals surface area contributed by atoms with Gasteiger partial charge in [0.15, 0.2) is 0 Å². The van der Waals surface area contributed by atoms with Crippen LogP contribution in [0.4, 0.5) is 0 Å². The molecule has 1 rings (SSSR count). The van der Waals surface area contributed by atoms with Gasteiger partial charge in [-0.25, -0.2) is 0 Å². The van der Waals surface area contributed by atoms with Gasteiger partial charge < -0.3 is 14.9 Å². The summed E-state index contributed by atoms with van der Waals surface area (Å²) >= 11 is 6.03. The molecule has 19 heavy (non-hydrogen) atoms. The van der Waals surface area contributed by atoms with Crippen LogP contribution in [0.3, 0.4) is 0 Å². The largest absolute Gasteiger partial charge is 0.493 e. The first-order valence-corrected chi connectivity index (χ1v) is 7.11. The van der Waals surface area contributed by atoms with Crippen LogP contribution in [0, 0.1) is 0 Å². The molecule has 0 amide bonds. The molecular weight excluding hydrogens is 264 g/mol. The van der Waals surface area contributed by atoms with Crippen molar-refractivity contribution in [2.75, 3.05) is 6.61 Å². The van der Waals surface area contributed by atoms with E-state index >= 15 is 0 Å². The van der Waals surface area contributed by atoms with Gasteiger partial charge in [-0.05, 0) is 49.4 Å². The number of rotatable bonds is 7. The van der Waals surface area contributed by atoms with Crippen molar-refractivity contribution in [2.45, 2.75) is 51.7 Å². The van der Waals surface area contributed by atoms with Gasteiger partial charge in [-0.15, -0.1) is 0 Å². The summed E-state index contributed by atoms with van der Waals surface area (Å²) in [7, 11) is 0. The molecule has 4 heteroatoms. The lowest BCUT2D eigenvalue weighted by molar-refractivity contribution is 0.0226. The Kier molecular flexibility index (Phi) is 6.63. The molecular formula is C15H23ClO3. The van der Waals surface area contributed by atoms with Crippen molar-refractivity contribution in [2.24, 2.45) is 0 Å². The molecule has 0 aliphatic rings. The summed E-state index contributed by atoms with van der Waals surface area (Å²) in [5, 5.41) is 19.8. The van der Waals surface area contributed by atoms with Gasteiger partial charge >= 0.3 is 0 Å². The molecule has 2 N–H and O–H groups in total. The molecule has 3 nitrogen and oxygen atoms in total. The van der Waals surface area contributed by atoms with E-state index in [0.717, 1.165) is 17.7 Å². The number of ether oxygens (including phenoxy) is 1. The Hall–Kier alpha value is -0.770. The lowest BCUT2D eigenvalue weighted by Crippen LogP contribution is -2.24. The molecule has 0 heterocycles. The molecule has 3 atom stereocenters. The zero-order chi connectivity index (χ0) is 14.4. The maximum Gasteiger partial charge on any atom is 0.122 e. The fourth-order valence-electron chi connectivity index (χ4n) is 1.93. The Balaban J connectivity index is 2.86. The van der Waals surface area contributed by atoms with Gasteiger partial charge in [-0.2, -0.15) is 0 Å². The fraction of sp³-hybridized carbons (Fsp3) is 0.600. The van der Waals surface area contributed by atoms with E-state index in [4.69, 9.17) is 16.3 Å². The molecule has 0 fully saturated rings. The Morgan fingerprint density at radius 1 is 1.26 bits per heavy atom. The SMILES string of the molecule is CCCOc1ccc(Cl)cc1C(C)CC(O)C(C)O. The Labute approximate surface area is 120 Å². The monoisotopic (exact) mass is 286 g/mol. The van der Waals surface area contributed by atoms with E-state index in [1.54, 1.807) is 13.0 Å². The average molecular weight is 287 g/mol. The van der Waals surface area contributed by atoms with Gasteiger partial charge in [0.2, 0.25) is 0 Å². The van der Waals surface area contributed by atoms with Gasteiger partial charge in [0.05, 0.1) is 18.8 Å². The van der Waals surface area contributed by atoms with E-state index < -0.39 is 12.2 Å². The van der Waals surface area contributed by atoms with E-state index in [1.165, 1.54) is 0 Å². The highest BCUT2D eigenvalue weighted by Crippen LogP contribution is 2.32. The number of halogens is 1. The molecule has 0 spiro atoms. The van der Waals surface area contributed by atoms with Gasteiger partial charge in [-0.1, -0.05) is 25.4 Å². The minimum atomic E-state index is -0.743. The Morgan fingerprint density at radius 3 is 2.53 bits per heavy atom. The number of aliphatic hydroxyl groups is 2. The predicted molar refractivity (Wildman–Crippen MR) is 78.0 cm³/mol. The summed E-state index contributed by atoms with van der Waals surface area (Å²) in [6.07, 6.45) is -0.0672.